The molecule has 17 heavy (non-hydrogen) atoms. The number of halogens is 1. The fraction of sp³-hybridized carbons (Fsp3) is 0.462. The topological polar surface area (TPSA) is 21.1 Å². The lowest BCUT2D eigenvalue weighted by Gasteiger charge is -2.30. The summed E-state index contributed by atoms with van der Waals surface area (Å²) in [4.78, 5) is 7.80. The summed E-state index contributed by atoms with van der Waals surface area (Å²) in [6.07, 6.45) is 2.40. The number of para-hydroxylation sites is 2. The molecule has 0 unspecified atom stereocenters. The highest BCUT2D eigenvalue weighted by atomic mass is 79.9. The summed E-state index contributed by atoms with van der Waals surface area (Å²) in [5, 5.41) is 0. The molecule has 3 rings (SSSR count). The molecule has 0 aliphatic carbocycles. The van der Waals surface area contributed by atoms with E-state index in [1.165, 1.54) is 18.4 Å². The molecule has 1 aromatic heterocycles. The lowest BCUT2D eigenvalue weighted by molar-refractivity contribution is 0.581. The Balaban J connectivity index is 1.97. The molecule has 90 valence electrons. The number of piperidine rings is 1. The van der Waals surface area contributed by atoms with Crippen LogP contribution in [0.2, 0.25) is 0 Å². The van der Waals surface area contributed by atoms with Crippen LogP contribution in [0.1, 0.15) is 12.8 Å². The Bertz CT molecular complexity index is 526. The molecule has 4 heteroatoms. The van der Waals surface area contributed by atoms with Gasteiger partial charge in [-0.05, 0) is 25.0 Å². The van der Waals surface area contributed by atoms with Gasteiger partial charge in [0.25, 0.3) is 0 Å². The zero-order valence-corrected chi connectivity index (χ0v) is 11.5. The Morgan fingerprint density at radius 3 is 2.65 bits per heavy atom. The molecule has 0 bridgehead atoms. The van der Waals surface area contributed by atoms with E-state index in [1.54, 1.807) is 0 Å². The van der Waals surface area contributed by atoms with E-state index in [2.05, 4.69) is 50.6 Å². The second kappa shape index (κ2) is 4.33. The smallest absolute Gasteiger partial charge is 0.206 e. The first-order valence-electron chi connectivity index (χ1n) is 6.06. The van der Waals surface area contributed by atoms with Crippen molar-refractivity contribution in [3.05, 3.63) is 24.3 Å². The lowest BCUT2D eigenvalue weighted by Crippen LogP contribution is -2.35. The Labute approximate surface area is 110 Å². The van der Waals surface area contributed by atoms with Gasteiger partial charge < -0.3 is 9.47 Å². The summed E-state index contributed by atoms with van der Waals surface area (Å²) in [5.41, 5.74) is 2.30. The van der Waals surface area contributed by atoms with Crippen molar-refractivity contribution >= 4 is 32.9 Å². The molecule has 0 N–H and O–H groups in total. The Hall–Kier alpha value is -1.03. The van der Waals surface area contributed by atoms with E-state index in [9.17, 15) is 0 Å². The minimum Gasteiger partial charge on any atom is -0.342 e. The predicted octanol–water partition coefficient (Wildman–Crippen LogP) is 2.94. The molecule has 1 aliphatic heterocycles. The molecule has 0 atom stereocenters. The first kappa shape index (κ1) is 11.1. The van der Waals surface area contributed by atoms with Gasteiger partial charge in [0.2, 0.25) is 5.95 Å². The number of nitrogens with zero attached hydrogens (tertiary/aromatic N) is 3. The van der Waals surface area contributed by atoms with E-state index in [0.29, 0.717) is 4.83 Å². The molecule has 1 saturated heterocycles. The molecule has 3 nitrogen and oxygen atoms in total. The normalized spacial score (nSPS) is 17.9. The standard InChI is InChI=1S/C13H16BrN3/c1-16-12-5-3-2-4-11(12)15-13(16)17-8-6-10(14)7-9-17/h2-5,10H,6-9H2,1H3. The maximum atomic E-state index is 4.73. The van der Waals surface area contributed by atoms with Crippen molar-refractivity contribution in [1.29, 1.82) is 0 Å². The average molecular weight is 294 g/mol. The molecule has 1 fully saturated rings. The molecule has 0 spiro atoms. The number of alkyl halides is 1. The number of hydrogen-bond donors (Lipinski definition) is 0. The quantitative estimate of drug-likeness (QED) is 0.754. The summed E-state index contributed by atoms with van der Waals surface area (Å²) < 4.78 is 2.20. The van der Waals surface area contributed by atoms with Crippen molar-refractivity contribution in [2.75, 3.05) is 18.0 Å². The van der Waals surface area contributed by atoms with Crippen molar-refractivity contribution in [3.63, 3.8) is 0 Å². The van der Waals surface area contributed by atoms with Gasteiger partial charge in [0, 0.05) is 25.0 Å². The lowest BCUT2D eigenvalue weighted by atomic mass is 10.1. The Morgan fingerprint density at radius 2 is 1.94 bits per heavy atom. The Kier molecular flexibility index (Phi) is 2.82. The van der Waals surface area contributed by atoms with Crippen molar-refractivity contribution in [2.24, 2.45) is 7.05 Å². The molecule has 0 saturated carbocycles. The van der Waals surface area contributed by atoms with Crippen LogP contribution in [-0.4, -0.2) is 27.5 Å². The van der Waals surface area contributed by atoms with E-state index in [1.807, 2.05) is 6.07 Å². The van der Waals surface area contributed by atoms with E-state index in [4.69, 9.17) is 4.98 Å². The van der Waals surface area contributed by atoms with Crippen LogP contribution in [0, 0.1) is 0 Å². The third-order valence-corrected chi connectivity index (χ3v) is 4.39. The minimum atomic E-state index is 0.674. The molecular formula is C13H16BrN3. The minimum absolute atomic E-state index is 0.674. The van der Waals surface area contributed by atoms with Gasteiger partial charge in [0.05, 0.1) is 11.0 Å². The first-order chi connectivity index (χ1) is 8.25. The second-order valence-electron chi connectivity index (χ2n) is 4.62. The predicted molar refractivity (Wildman–Crippen MR) is 74.9 cm³/mol. The number of anilines is 1. The summed E-state index contributed by atoms with van der Waals surface area (Å²) >= 11 is 3.69. The van der Waals surface area contributed by atoms with Crippen LogP contribution in [0.15, 0.2) is 24.3 Å². The summed E-state index contributed by atoms with van der Waals surface area (Å²) in [6, 6.07) is 8.32. The molecule has 0 radical (unpaired) electrons. The molecule has 2 aromatic rings. The fourth-order valence-corrected chi connectivity index (χ4v) is 2.87. The number of imidazole rings is 1. The van der Waals surface area contributed by atoms with Crippen LogP contribution >= 0.6 is 15.9 Å². The van der Waals surface area contributed by atoms with Gasteiger partial charge in [0.15, 0.2) is 0 Å². The van der Waals surface area contributed by atoms with Crippen LogP contribution in [0.3, 0.4) is 0 Å². The zero-order chi connectivity index (χ0) is 11.8. The number of hydrogen-bond acceptors (Lipinski definition) is 2. The van der Waals surface area contributed by atoms with Crippen LogP contribution in [-0.2, 0) is 7.05 Å². The van der Waals surface area contributed by atoms with Crippen LogP contribution < -0.4 is 4.90 Å². The van der Waals surface area contributed by atoms with Crippen molar-refractivity contribution < 1.29 is 0 Å². The van der Waals surface area contributed by atoms with E-state index in [0.717, 1.165) is 24.6 Å². The Morgan fingerprint density at radius 1 is 1.24 bits per heavy atom. The molecular weight excluding hydrogens is 278 g/mol. The second-order valence-corrected chi connectivity index (χ2v) is 5.92. The monoisotopic (exact) mass is 293 g/mol. The number of rotatable bonds is 1. The van der Waals surface area contributed by atoms with Crippen LogP contribution in [0.5, 0.6) is 0 Å². The largest absolute Gasteiger partial charge is 0.342 e. The van der Waals surface area contributed by atoms with Gasteiger partial charge in [-0.25, -0.2) is 4.98 Å². The third kappa shape index (κ3) is 1.95. The molecule has 0 amide bonds. The highest BCUT2D eigenvalue weighted by Gasteiger charge is 2.20. The van der Waals surface area contributed by atoms with E-state index >= 15 is 0 Å². The third-order valence-electron chi connectivity index (χ3n) is 3.47. The van der Waals surface area contributed by atoms with Gasteiger partial charge in [-0.3, -0.25) is 0 Å². The highest BCUT2D eigenvalue weighted by Crippen LogP contribution is 2.25. The van der Waals surface area contributed by atoms with E-state index < -0.39 is 0 Å². The van der Waals surface area contributed by atoms with Gasteiger partial charge in [-0.2, -0.15) is 0 Å². The van der Waals surface area contributed by atoms with Crippen molar-refractivity contribution in [2.45, 2.75) is 17.7 Å². The number of benzene rings is 1. The molecule has 1 aromatic carbocycles. The highest BCUT2D eigenvalue weighted by molar-refractivity contribution is 9.09. The van der Waals surface area contributed by atoms with Gasteiger partial charge in [0.1, 0.15) is 0 Å². The average Bonchev–Trinajstić information content (AvgIpc) is 2.69. The number of aryl methyl sites for hydroxylation is 1. The van der Waals surface area contributed by atoms with Gasteiger partial charge in [-0.15, -0.1) is 0 Å². The number of fused-ring (bicyclic) bond motifs is 1. The van der Waals surface area contributed by atoms with Crippen molar-refractivity contribution in [3.8, 4) is 0 Å². The van der Waals surface area contributed by atoms with E-state index in [-0.39, 0.29) is 0 Å². The maximum Gasteiger partial charge on any atom is 0.206 e. The maximum absolute atomic E-state index is 4.73. The van der Waals surface area contributed by atoms with Crippen molar-refractivity contribution in [1.82, 2.24) is 9.55 Å². The summed E-state index contributed by atoms with van der Waals surface area (Å²) in [7, 11) is 2.10. The molecule has 1 aliphatic rings. The molecule has 2 heterocycles. The SMILES string of the molecule is Cn1c(N2CCC(Br)CC2)nc2ccccc21. The zero-order valence-electron chi connectivity index (χ0n) is 9.93. The van der Waals surface area contributed by atoms with Gasteiger partial charge in [-0.1, -0.05) is 28.1 Å². The van der Waals surface area contributed by atoms with Crippen LogP contribution in [0.4, 0.5) is 5.95 Å². The summed E-state index contributed by atoms with van der Waals surface area (Å²) in [6.45, 7) is 2.18. The van der Waals surface area contributed by atoms with Gasteiger partial charge >= 0.3 is 0 Å². The number of aromatic nitrogens is 2. The van der Waals surface area contributed by atoms with Crippen LogP contribution in [0.25, 0.3) is 11.0 Å². The first-order valence-corrected chi connectivity index (χ1v) is 6.98. The summed E-state index contributed by atoms with van der Waals surface area (Å²) in [5.74, 6) is 1.10. The fourth-order valence-electron chi connectivity index (χ4n) is 2.46.